The topological polar surface area (TPSA) is 68.7 Å². The molecule has 0 saturated carbocycles. The number of hydrogen-bond acceptors (Lipinski definition) is 5. The van der Waals surface area contributed by atoms with E-state index in [9.17, 15) is 9.59 Å². The van der Waals surface area contributed by atoms with Crippen LogP contribution >= 0.6 is 0 Å². The van der Waals surface area contributed by atoms with Crippen LogP contribution in [0.2, 0.25) is 0 Å². The number of imide groups is 1. The number of rotatable bonds is 3. The second-order valence-electron chi connectivity index (χ2n) is 9.12. The van der Waals surface area contributed by atoms with Crippen LogP contribution in [0.25, 0.3) is 0 Å². The van der Waals surface area contributed by atoms with Gasteiger partial charge in [-0.05, 0) is 59.7 Å². The lowest BCUT2D eigenvalue weighted by molar-refractivity contribution is 0.00578. The van der Waals surface area contributed by atoms with Crippen molar-refractivity contribution in [1.29, 1.82) is 0 Å². The molecule has 2 aliphatic heterocycles. The van der Waals surface area contributed by atoms with Crippen LogP contribution < -0.4 is 5.46 Å². The van der Waals surface area contributed by atoms with Gasteiger partial charge in [-0.2, -0.15) is 0 Å². The maximum atomic E-state index is 12.9. The summed E-state index contributed by atoms with van der Waals surface area (Å²) in [6.45, 7) is 11.7. The predicted molar refractivity (Wildman–Crippen MR) is 110 cm³/mol. The third-order valence-corrected chi connectivity index (χ3v) is 6.29. The summed E-state index contributed by atoms with van der Waals surface area (Å²) in [6, 6.07) is 10.6. The molecular weight excluding hydrogens is 367 g/mol. The van der Waals surface area contributed by atoms with E-state index in [1.54, 1.807) is 30.5 Å². The lowest BCUT2D eigenvalue weighted by Gasteiger charge is -2.33. The zero-order valence-corrected chi connectivity index (χ0v) is 17.6. The van der Waals surface area contributed by atoms with Crippen molar-refractivity contribution in [2.45, 2.75) is 58.3 Å². The average Bonchev–Trinajstić information content (AvgIpc) is 3.05. The summed E-state index contributed by atoms with van der Waals surface area (Å²) < 4.78 is 12.1. The van der Waals surface area contributed by atoms with Crippen molar-refractivity contribution in [3.05, 3.63) is 59.4 Å². The molecule has 150 valence electrons. The van der Waals surface area contributed by atoms with Gasteiger partial charge >= 0.3 is 7.12 Å². The summed E-state index contributed by atoms with van der Waals surface area (Å²) in [7, 11) is -0.510. The van der Waals surface area contributed by atoms with E-state index in [4.69, 9.17) is 9.31 Å². The second-order valence-corrected chi connectivity index (χ2v) is 9.12. The van der Waals surface area contributed by atoms with Crippen molar-refractivity contribution in [2.75, 3.05) is 0 Å². The number of nitrogens with zero attached hydrogens (tertiary/aromatic N) is 2. The summed E-state index contributed by atoms with van der Waals surface area (Å²) >= 11 is 0. The molecule has 0 aliphatic carbocycles. The fourth-order valence-electron chi connectivity index (χ4n) is 3.70. The molecule has 1 aromatic heterocycles. The molecule has 7 heteroatoms. The van der Waals surface area contributed by atoms with Gasteiger partial charge in [0.25, 0.3) is 11.8 Å². The van der Waals surface area contributed by atoms with Crippen molar-refractivity contribution >= 4 is 24.4 Å². The summed E-state index contributed by atoms with van der Waals surface area (Å²) in [6.07, 6.45) is 1.69. The van der Waals surface area contributed by atoms with Gasteiger partial charge in [-0.3, -0.25) is 19.5 Å². The molecule has 1 fully saturated rings. The predicted octanol–water partition coefficient (Wildman–Crippen LogP) is 2.91. The first kappa shape index (κ1) is 19.8. The fraction of sp³-hybridized carbons (Fsp3) is 0.409. The Balaban J connectivity index is 1.61. The Morgan fingerprint density at radius 2 is 1.41 bits per heavy atom. The second kappa shape index (κ2) is 6.24. The Morgan fingerprint density at radius 1 is 0.897 bits per heavy atom. The standard InChI is InChI=1S/C22H25BN2O4/c1-20(2,25-18(26)15-9-7-8-10-16(15)19(25)27)17-12-11-14(13-24-17)23-28-21(3,4)22(5,6)29-23/h7-13H,1-6H3. The number of fused-ring (bicyclic) bond motifs is 1. The van der Waals surface area contributed by atoms with Gasteiger partial charge in [0.15, 0.2) is 0 Å². The van der Waals surface area contributed by atoms with E-state index in [0.717, 1.165) is 5.46 Å². The minimum atomic E-state index is -0.901. The van der Waals surface area contributed by atoms with Crippen LogP contribution in [-0.4, -0.2) is 40.0 Å². The van der Waals surface area contributed by atoms with Crippen molar-refractivity contribution in [3.8, 4) is 0 Å². The first-order valence-corrected chi connectivity index (χ1v) is 9.76. The van der Waals surface area contributed by atoms with Gasteiger partial charge in [-0.1, -0.05) is 18.2 Å². The molecule has 2 aliphatic rings. The number of aromatic nitrogens is 1. The van der Waals surface area contributed by atoms with Gasteiger partial charge in [0, 0.05) is 11.7 Å². The lowest BCUT2D eigenvalue weighted by atomic mass is 9.80. The zero-order valence-electron chi connectivity index (χ0n) is 17.6. The molecule has 4 rings (SSSR count). The average molecular weight is 392 g/mol. The van der Waals surface area contributed by atoms with Crippen molar-refractivity contribution in [2.24, 2.45) is 0 Å². The Morgan fingerprint density at radius 3 is 1.86 bits per heavy atom. The minimum absolute atomic E-state index is 0.299. The number of pyridine rings is 1. The molecule has 0 bridgehead atoms. The molecule has 1 saturated heterocycles. The maximum Gasteiger partial charge on any atom is 0.496 e. The third kappa shape index (κ3) is 2.91. The lowest BCUT2D eigenvalue weighted by Crippen LogP contribution is -2.46. The third-order valence-electron chi connectivity index (χ3n) is 6.29. The van der Waals surface area contributed by atoms with E-state index in [1.807, 2.05) is 53.7 Å². The van der Waals surface area contributed by atoms with Gasteiger partial charge in [0.2, 0.25) is 0 Å². The quantitative estimate of drug-likeness (QED) is 0.594. The van der Waals surface area contributed by atoms with E-state index in [0.29, 0.717) is 16.8 Å². The van der Waals surface area contributed by atoms with Crippen LogP contribution in [0.3, 0.4) is 0 Å². The largest absolute Gasteiger partial charge is 0.496 e. The van der Waals surface area contributed by atoms with Crippen LogP contribution in [-0.2, 0) is 14.8 Å². The van der Waals surface area contributed by atoms with Crippen molar-refractivity contribution in [1.82, 2.24) is 9.88 Å². The molecule has 0 radical (unpaired) electrons. The molecule has 0 unspecified atom stereocenters. The maximum absolute atomic E-state index is 12.9. The normalized spacial score (nSPS) is 20.3. The van der Waals surface area contributed by atoms with Crippen LogP contribution in [0.4, 0.5) is 0 Å². The van der Waals surface area contributed by atoms with Gasteiger partial charge in [-0.15, -0.1) is 0 Å². The van der Waals surface area contributed by atoms with Crippen LogP contribution in [0.15, 0.2) is 42.6 Å². The Bertz CT molecular complexity index is 947. The van der Waals surface area contributed by atoms with E-state index in [1.165, 1.54) is 4.90 Å². The molecular formula is C22H25BN2O4. The van der Waals surface area contributed by atoms with Crippen molar-refractivity contribution < 1.29 is 18.9 Å². The highest BCUT2D eigenvalue weighted by atomic mass is 16.7. The minimum Gasteiger partial charge on any atom is -0.399 e. The fourth-order valence-corrected chi connectivity index (χ4v) is 3.70. The van der Waals surface area contributed by atoms with Crippen LogP contribution in [0, 0.1) is 0 Å². The number of benzene rings is 1. The molecule has 0 atom stereocenters. The first-order valence-electron chi connectivity index (χ1n) is 9.76. The molecule has 1 aromatic carbocycles. The molecule has 0 N–H and O–H groups in total. The van der Waals surface area contributed by atoms with Gasteiger partial charge in [0.05, 0.1) is 33.6 Å². The smallest absolute Gasteiger partial charge is 0.399 e. The monoisotopic (exact) mass is 392 g/mol. The van der Waals surface area contributed by atoms with Gasteiger partial charge in [0.1, 0.15) is 0 Å². The first-order chi connectivity index (χ1) is 13.5. The summed E-state index contributed by atoms with van der Waals surface area (Å²) in [5.41, 5.74) is 0.504. The molecule has 6 nitrogen and oxygen atoms in total. The molecule has 3 heterocycles. The van der Waals surface area contributed by atoms with E-state index >= 15 is 0 Å². The highest BCUT2D eigenvalue weighted by molar-refractivity contribution is 6.62. The van der Waals surface area contributed by atoms with Gasteiger partial charge < -0.3 is 9.31 Å². The number of amides is 2. The van der Waals surface area contributed by atoms with E-state index < -0.39 is 23.9 Å². The SMILES string of the molecule is CC(C)(c1ccc(B2OC(C)(C)C(C)(C)O2)cn1)N1C(=O)c2ccccc2C1=O. The molecule has 29 heavy (non-hydrogen) atoms. The Labute approximate surface area is 171 Å². The Kier molecular flexibility index (Phi) is 4.26. The molecule has 2 aromatic rings. The zero-order chi connectivity index (χ0) is 21.2. The number of hydrogen-bond donors (Lipinski definition) is 0. The molecule has 0 spiro atoms. The molecule has 2 amide bonds. The Hall–Kier alpha value is -2.51. The summed E-state index contributed by atoms with van der Waals surface area (Å²) in [5, 5.41) is 0. The van der Waals surface area contributed by atoms with Crippen LogP contribution in [0.5, 0.6) is 0 Å². The van der Waals surface area contributed by atoms with E-state index in [-0.39, 0.29) is 11.8 Å². The summed E-state index contributed by atoms with van der Waals surface area (Å²) in [4.78, 5) is 31.6. The van der Waals surface area contributed by atoms with Gasteiger partial charge in [-0.25, -0.2) is 0 Å². The highest BCUT2D eigenvalue weighted by Gasteiger charge is 2.52. The van der Waals surface area contributed by atoms with Crippen LogP contribution in [0.1, 0.15) is 68.0 Å². The highest BCUT2D eigenvalue weighted by Crippen LogP contribution is 2.37. The van der Waals surface area contributed by atoms with E-state index in [2.05, 4.69) is 4.98 Å². The number of carbonyl (C=O) groups is 2. The summed E-state index contributed by atoms with van der Waals surface area (Å²) in [5.74, 6) is -0.597. The number of carbonyl (C=O) groups excluding carboxylic acids is 2. The van der Waals surface area contributed by atoms with Crippen molar-refractivity contribution in [3.63, 3.8) is 0 Å².